The SMILES string of the molecule is COC1(C)Cc2ncc(-c3cc(F)[nH]c(=O)c3)n2C[C@@H]1S(=O)(=O)C(C)(C)C. The predicted molar refractivity (Wildman–Crippen MR) is 99.8 cm³/mol. The van der Waals surface area contributed by atoms with Crippen molar-refractivity contribution >= 4 is 9.84 Å². The summed E-state index contributed by atoms with van der Waals surface area (Å²) in [5.41, 5.74) is -0.661. The van der Waals surface area contributed by atoms with Crippen LogP contribution in [0.4, 0.5) is 4.39 Å². The molecule has 1 aliphatic rings. The number of methoxy groups -OCH3 is 1. The third kappa shape index (κ3) is 3.23. The van der Waals surface area contributed by atoms with Gasteiger partial charge in [-0.3, -0.25) is 9.78 Å². The summed E-state index contributed by atoms with van der Waals surface area (Å²) in [6, 6.07) is 2.47. The van der Waals surface area contributed by atoms with Crippen LogP contribution in [0, 0.1) is 5.95 Å². The van der Waals surface area contributed by atoms with Gasteiger partial charge < -0.3 is 9.30 Å². The molecule has 0 saturated heterocycles. The van der Waals surface area contributed by atoms with Crippen LogP contribution in [-0.2, 0) is 27.5 Å². The lowest BCUT2D eigenvalue weighted by molar-refractivity contribution is -0.0115. The van der Waals surface area contributed by atoms with Crippen LogP contribution < -0.4 is 5.56 Å². The highest BCUT2D eigenvalue weighted by Gasteiger charge is 2.51. The molecule has 0 spiro atoms. The summed E-state index contributed by atoms with van der Waals surface area (Å²) in [7, 11) is -2.07. The summed E-state index contributed by atoms with van der Waals surface area (Å²) >= 11 is 0. The van der Waals surface area contributed by atoms with Crippen molar-refractivity contribution in [2.75, 3.05) is 7.11 Å². The number of imidazole rings is 1. The Hall–Kier alpha value is -2.00. The first kappa shape index (κ1) is 19.8. The number of H-pyrrole nitrogens is 1. The van der Waals surface area contributed by atoms with Crippen LogP contribution in [0.5, 0.6) is 0 Å². The second kappa shape index (κ2) is 6.27. The van der Waals surface area contributed by atoms with Gasteiger partial charge >= 0.3 is 0 Å². The molecule has 0 radical (unpaired) electrons. The molecule has 1 unspecified atom stereocenters. The van der Waals surface area contributed by atoms with E-state index in [4.69, 9.17) is 4.74 Å². The molecule has 3 rings (SSSR count). The highest BCUT2D eigenvalue weighted by atomic mass is 32.2. The van der Waals surface area contributed by atoms with E-state index in [0.29, 0.717) is 17.1 Å². The minimum atomic E-state index is -3.57. The summed E-state index contributed by atoms with van der Waals surface area (Å²) < 4.78 is 46.5. The van der Waals surface area contributed by atoms with Crippen molar-refractivity contribution in [1.82, 2.24) is 14.5 Å². The minimum absolute atomic E-state index is 0.114. The standard InChI is InChI=1S/C18H24FN3O4S/c1-17(2,3)27(24,25)13-10-22-12(11-6-14(19)21-16(23)7-11)9-20-15(22)8-18(13,4)26-5/h6-7,9,13H,8,10H2,1-5H3,(H,21,23)/t13-,18?/m0/s1. The van der Waals surface area contributed by atoms with E-state index in [1.165, 1.54) is 25.4 Å². The topological polar surface area (TPSA) is 94.0 Å². The van der Waals surface area contributed by atoms with Crippen LogP contribution in [-0.4, -0.2) is 45.7 Å². The van der Waals surface area contributed by atoms with E-state index in [2.05, 4.69) is 9.97 Å². The van der Waals surface area contributed by atoms with E-state index in [1.807, 2.05) is 0 Å². The number of nitrogens with one attached hydrogen (secondary N) is 1. The lowest BCUT2D eigenvalue weighted by Gasteiger charge is -2.42. The summed E-state index contributed by atoms with van der Waals surface area (Å²) in [5.74, 6) is -0.125. The third-order valence-electron chi connectivity index (χ3n) is 5.28. The van der Waals surface area contributed by atoms with Crippen molar-refractivity contribution in [1.29, 1.82) is 0 Å². The van der Waals surface area contributed by atoms with Crippen LogP contribution >= 0.6 is 0 Å². The highest BCUT2D eigenvalue weighted by Crippen LogP contribution is 2.38. The number of aromatic amines is 1. The van der Waals surface area contributed by atoms with E-state index >= 15 is 0 Å². The lowest BCUT2D eigenvalue weighted by Crippen LogP contribution is -2.57. The molecule has 1 aliphatic heterocycles. The van der Waals surface area contributed by atoms with Crippen LogP contribution in [0.25, 0.3) is 11.3 Å². The average molecular weight is 397 g/mol. The number of aromatic nitrogens is 3. The van der Waals surface area contributed by atoms with Gasteiger partial charge in [0.05, 0.1) is 22.2 Å². The number of ether oxygens (including phenoxy) is 1. The van der Waals surface area contributed by atoms with Gasteiger partial charge in [-0.25, -0.2) is 13.4 Å². The molecule has 0 bridgehead atoms. The number of fused-ring (bicyclic) bond motifs is 1. The van der Waals surface area contributed by atoms with Crippen molar-refractivity contribution in [2.24, 2.45) is 0 Å². The van der Waals surface area contributed by atoms with Gasteiger partial charge in [0.25, 0.3) is 5.56 Å². The van der Waals surface area contributed by atoms with Gasteiger partial charge in [0, 0.05) is 37.8 Å². The molecule has 9 heteroatoms. The fourth-order valence-corrected chi connectivity index (χ4v) is 5.52. The van der Waals surface area contributed by atoms with Gasteiger partial charge in [0.1, 0.15) is 11.1 Å². The van der Waals surface area contributed by atoms with Crippen LogP contribution in [0.15, 0.2) is 23.1 Å². The molecular formula is C18H24FN3O4S. The van der Waals surface area contributed by atoms with Gasteiger partial charge in [0.15, 0.2) is 15.8 Å². The van der Waals surface area contributed by atoms with Gasteiger partial charge in [-0.1, -0.05) is 0 Å². The maximum absolute atomic E-state index is 13.7. The van der Waals surface area contributed by atoms with Gasteiger partial charge in [-0.15, -0.1) is 0 Å². The molecule has 0 amide bonds. The molecule has 7 nitrogen and oxygen atoms in total. The molecule has 1 N–H and O–H groups in total. The Morgan fingerprint density at radius 1 is 1.37 bits per heavy atom. The lowest BCUT2D eigenvalue weighted by atomic mass is 9.93. The molecule has 0 fully saturated rings. The Kier molecular flexibility index (Phi) is 4.59. The van der Waals surface area contributed by atoms with E-state index in [9.17, 15) is 17.6 Å². The van der Waals surface area contributed by atoms with Crippen LogP contribution in [0.1, 0.15) is 33.5 Å². The Morgan fingerprint density at radius 3 is 2.59 bits per heavy atom. The second-order valence-electron chi connectivity index (χ2n) is 8.09. The molecular weight excluding hydrogens is 373 g/mol. The second-order valence-corrected chi connectivity index (χ2v) is 11.0. The quantitative estimate of drug-likeness (QED) is 0.799. The summed E-state index contributed by atoms with van der Waals surface area (Å²) in [5, 5.41) is -0.817. The summed E-state index contributed by atoms with van der Waals surface area (Å²) in [4.78, 5) is 18.1. The van der Waals surface area contributed by atoms with Crippen molar-refractivity contribution in [3.8, 4) is 11.3 Å². The Labute approximate surface area is 157 Å². The average Bonchev–Trinajstić information content (AvgIpc) is 2.94. The monoisotopic (exact) mass is 397 g/mol. The number of halogens is 1. The predicted octanol–water partition coefficient (Wildman–Crippen LogP) is 1.92. The zero-order valence-corrected chi connectivity index (χ0v) is 16.9. The Bertz CT molecular complexity index is 1040. The zero-order valence-electron chi connectivity index (χ0n) is 16.0. The largest absolute Gasteiger partial charge is 0.377 e. The Morgan fingerprint density at radius 2 is 2.04 bits per heavy atom. The van der Waals surface area contributed by atoms with E-state index in [-0.39, 0.29) is 13.0 Å². The first-order chi connectivity index (χ1) is 12.4. The molecule has 148 valence electrons. The molecule has 0 saturated carbocycles. The van der Waals surface area contributed by atoms with Gasteiger partial charge in [-0.05, 0) is 27.7 Å². The number of nitrogens with zero attached hydrogens (tertiary/aromatic N) is 2. The van der Waals surface area contributed by atoms with Crippen molar-refractivity contribution < 1.29 is 17.5 Å². The molecule has 0 aliphatic carbocycles. The number of rotatable bonds is 3. The van der Waals surface area contributed by atoms with E-state index in [0.717, 1.165) is 0 Å². The van der Waals surface area contributed by atoms with Gasteiger partial charge in [0.2, 0.25) is 0 Å². The highest BCUT2D eigenvalue weighted by molar-refractivity contribution is 7.93. The number of pyridine rings is 1. The molecule has 2 atom stereocenters. The fraction of sp³-hybridized carbons (Fsp3) is 0.556. The van der Waals surface area contributed by atoms with Crippen molar-refractivity contribution in [3.63, 3.8) is 0 Å². The summed E-state index contributed by atoms with van der Waals surface area (Å²) in [6.45, 7) is 6.87. The minimum Gasteiger partial charge on any atom is -0.377 e. The summed E-state index contributed by atoms with van der Waals surface area (Å²) in [6.07, 6.45) is 1.82. The fourth-order valence-electron chi connectivity index (χ4n) is 3.49. The number of hydrogen-bond acceptors (Lipinski definition) is 5. The van der Waals surface area contributed by atoms with Crippen molar-refractivity contribution in [2.45, 2.75) is 56.3 Å². The zero-order chi connectivity index (χ0) is 20.2. The molecule has 2 aromatic rings. The first-order valence-electron chi connectivity index (χ1n) is 8.62. The molecule has 27 heavy (non-hydrogen) atoms. The maximum atomic E-state index is 13.7. The maximum Gasteiger partial charge on any atom is 0.250 e. The van der Waals surface area contributed by atoms with Crippen LogP contribution in [0.2, 0.25) is 0 Å². The normalized spacial score (nSPS) is 23.3. The Balaban J connectivity index is 2.16. The smallest absolute Gasteiger partial charge is 0.250 e. The van der Waals surface area contributed by atoms with E-state index in [1.54, 1.807) is 32.3 Å². The molecule has 3 heterocycles. The van der Waals surface area contributed by atoms with Gasteiger partial charge in [-0.2, -0.15) is 4.39 Å². The van der Waals surface area contributed by atoms with Crippen LogP contribution in [0.3, 0.4) is 0 Å². The molecule has 2 aromatic heterocycles. The first-order valence-corrected chi connectivity index (χ1v) is 10.2. The molecule has 0 aromatic carbocycles. The number of sulfone groups is 1. The third-order valence-corrected chi connectivity index (χ3v) is 8.38. The van der Waals surface area contributed by atoms with E-state index < -0.39 is 36.9 Å². The number of hydrogen-bond donors (Lipinski definition) is 1. The van der Waals surface area contributed by atoms with Crippen molar-refractivity contribution in [3.05, 3.63) is 40.5 Å².